The van der Waals surface area contributed by atoms with Crippen molar-refractivity contribution in [1.29, 1.82) is 0 Å². The van der Waals surface area contributed by atoms with Gasteiger partial charge in [0.25, 0.3) is 0 Å². The van der Waals surface area contributed by atoms with Gasteiger partial charge in [-0.3, -0.25) is 4.79 Å². The first-order valence-electron chi connectivity index (χ1n) is 8.26. The molecule has 2 rings (SSSR count). The van der Waals surface area contributed by atoms with Gasteiger partial charge in [0.2, 0.25) is 5.91 Å². The lowest BCUT2D eigenvalue weighted by atomic mass is 10.2. The molecule has 1 aromatic carbocycles. The molecule has 1 aromatic heterocycles. The number of nitrogens with one attached hydrogen (secondary N) is 2. The summed E-state index contributed by atoms with van der Waals surface area (Å²) in [6.07, 6.45) is 1.20. The summed E-state index contributed by atoms with van der Waals surface area (Å²) in [5, 5.41) is 10.2. The summed E-state index contributed by atoms with van der Waals surface area (Å²) in [6.45, 7) is 6.03. The molecule has 0 radical (unpaired) electrons. The highest BCUT2D eigenvalue weighted by Gasteiger charge is 2.16. The summed E-state index contributed by atoms with van der Waals surface area (Å²) in [4.78, 5) is 23.6. The van der Waals surface area contributed by atoms with Crippen LogP contribution in [-0.2, 0) is 16.1 Å². The van der Waals surface area contributed by atoms with Crippen molar-refractivity contribution in [3.63, 3.8) is 0 Å². The molecule has 0 saturated carbocycles. The Morgan fingerprint density at radius 3 is 2.54 bits per heavy atom. The van der Waals surface area contributed by atoms with E-state index >= 15 is 0 Å². The van der Waals surface area contributed by atoms with Crippen LogP contribution >= 0.6 is 11.6 Å². The van der Waals surface area contributed by atoms with Crippen LogP contribution < -0.4 is 10.6 Å². The van der Waals surface area contributed by atoms with Crippen LogP contribution in [0.4, 0.5) is 10.6 Å². The van der Waals surface area contributed by atoms with E-state index in [0.29, 0.717) is 17.4 Å². The molecule has 2 N–H and O–H groups in total. The van der Waals surface area contributed by atoms with Gasteiger partial charge in [0.1, 0.15) is 11.4 Å². The summed E-state index contributed by atoms with van der Waals surface area (Å²) in [5.74, 6) is 0.362. The van der Waals surface area contributed by atoms with Gasteiger partial charge in [0.15, 0.2) is 0 Å². The number of halogens is 1. The Labute approximate surface area is 157 Å². The molecule has 0 atom stereocenters. The smallest absolute Gasteiger partial charge is 0.407 e. The van der Waals surface area contributed by atoms with E-state index in [1.165, 1.54) is 0 Å². The van der Waals surface area contributed by atoms with Crippen LogP contribution in [0.5, 0.6) is 0 Å². The van der Waals surface area contributed by atoms with Gasteiger partial charge in [0, 0.05) is 24.1 Å². The standard InChI is InChI=1S/C18H23ClN4O3/c1-18(2,3)26-17(25)20-10-9-16(24)22-15-8-11-21-23(15)12-13-4-6-14(19)7-5-13/h4-8,11H,9-10,12H2,1-3H3,(H,20,25)(H,22,24). The number of carbonyl (C=O) groups excluding carboxylic acids is 2. The zero-order valence-corrected chi connectivity index (χ0v) is 15.8. The van der Waals surface area contributed by atoms with Crippen molar-refractivity contribution in [3.05, 3.63) is 47.1 Å². The van der Waals surface area contributed by atoms with E-state index < -0.39 is 11.7 Å². The van der Waals surface area contributed by atoms with Crippen LogP contribution in [0.15, 0.2) is 36.5 Å². The average molecular weight is 379 g/mol. The van der Waals surface area contributed by atoms with Crippen LogP contribution in [0, 0.1) is 0 Å². The van der Waals surface area contributed by atoms with Crippen LogP contribution in [-0.4, -0.2) is 33.9 Å². The Balaban J connectivity index is 1.82. The van der Waals surface area contributed by atoms with E-state index in [9.17, 15) is 9.59 Å². The lowest BCUT2D eigenvalue weighted by molar-refractivity contribution is -0.116. The lowest BCUT2D eigenvalue weighted by Gasteiger charge is -2.19. The van der Waals surface area contributed by atoms with Crippen molar-refractivity contribution in [2.75, 3.05) is 11.9 Å². The molecule has 26 heavy (non-hydrogen) atoms. The number of benzene rings is 1. The topological polar surface area (TPSA) is 85.2 Å². The molecule has 1 heterocycles. The fraction of sp³-hybridized carbons (Fsp3) is 0.389. The van der Waals surface area contributed by atoms with Crippen molar-refractivity contribution >= 4 is 29.4 Å². The Morgan fingerprint density at radius 2 is 1.88 bits per heavy atom. The quantitative estimate of drug-likeness (QED) is 0.806. The van der Waals surface area contributed by atoms with E-state index in [2.05, 4.69) is 15.7 Å². The average Bonchev–Trinajstić information content (AvgIpc) is 2.94. The van der Waals surface area contributed by atoms with Gasteiger partial charge in [-0.25, -0.2) is 9.48 Å². The molecular weight excluding hydrogens is 356 g/mol. The number of hydrogen-bond donors (Lipinski definition) is 2. The molecule has 2 aromatic rings. The van der Waals surface area contributed by atoms with Gasteiger partial charge in [-0.15, -0.1) is 0 Å². The largest absolute Gasteiger partial charge is 0.444 e. The molecule has 0 saturated heterocycles. The second-order valence-corrected chi connectivity index (χ2v) is 7.16. The number of carbonyl (C=O) groups is 2. The molecule has 7 nitrogen and oxygen atoms in total. The minimum absolute atomic E-state index is 0.130. The van der Waals surface area contributed by atoms with Crippen molar-refractivity contribution in [2.24, 2.45) is 0 Å². The maximum atomic E-state index is 12.1. The molecule has 0 spiro atoms. The van der Waals surface area contributed by atoms with E-state index in [4.69, 9.17) is 16.3 Å². The number of alkyl carbamates (subject to hydrolysis) is 1. The normalized spacial score (nSPS) is 11.1. The number of hydrogen-bond acceptors (Lipinski definition) is 4. The summed E-state index contributed by atoms with van der Waals surface area (Å²) < 4.78 is 6.80. The van der Waals surface area contributed by atoms with Gasteiger partial charge >= 0.3 is 6.09 Å². The van der Waals surface area contributed by atoms with Crippen molar-refractivity contribution < 1.29 is 14.3 Å². The fourth-order valence-corrected chi connectivity index (χ4v) is 2.25. The monoisotopic (exact) mass is 378 g/mol. The summed E-state index contributed by atoms with van der Waals surface area (Å²) in [5.41, 5.74) is 0.445. The molecule has 0 aliphatic carbocycles. The molecular formula is C18H23ClN4O3. The molecule has 140 valence electrons. The van der Waals surface area contributed by atoms with Crippen LogP contribution in [0.3, 0.4) is 0 Å². The molecule has 8 heteroatoms. The number of anilines is 1. The predicted octanol–water partition coefficient (Wildman–Crippen LogP) is 3.44. The number of aromatic nitrogens is 2. The molecule has 0 aliphatic rings. The van der Waals surface area contributed by atoms with Crippen LogP contribution in [0.25, 0.3) is 0 Å². The minimum atomic E-state index is -0.569. The maximum Gasteiger partial charge on any atom is 0.407 e. The lowest BCUT2D eigenvalue weighted by Crippen LogP contribution is -2.34. The number of ether oxygens (including phenoxy) is 1. The van der Waals surface area contributed by atoms with Crippen LogP contribution in [0.1, 0.15) is 32.8 Å². The molecule has 0 unspecified atom stereocenters. The first-order valence-corrected chi connectivity index (χ1v) is 8.64. The number of amides is 2. The SMILES string of the molecule is CC(C)(C)OC(=O)NCCC(=O)Nc1ccnn1Cc1ccc(Cl)cc1. The van der Waals surface area contributed by atoms with E-state index in [-0.39, 0.29) is 18.9 Å². The fourth-order valence-electron chi connectivity index (χ4n) is 2.13. The van der Waals surface area contributed by atoms with Gasteiger partial charge in [-0.1, -0.05) is 23.7 Å². The van der Waals surface area contributed by atoms with E-state index in [1.54, 1.807) is 49.8 Å². The summed E-state index contributed by atoms with van der Waals surface area (Å²) >= 11 is 5.88. The van der Waals surface area contributed by atoms with Crippen molar-refractivity contribution in [2.45, 2.75) is 39.3 Å². The number of rotatable bonds is 6. The first kappa shape index (κ1) is 19.8. The molecule has 0 bridgehead atoms. The van der Waals surface area contributed by atoms with Crippen molar-refractivity contribution in [3.8, 4) is 0 Å². The first-order chi connectivity index (χ1) is 12.2. The number of nitrogens with zero attached hydrogens (tertiary/aromatic N) is 2. The third-order valence-electron chi connectivity index (χ3n) is 3.25. The van der Waals surface area contributed by atoms with Gasteiger partial charge in [-0.05, 0) is 38.5 Å². The Kier molecular flexibility index (Phi) is 6.63. The van der Waals surface area contributed by atoms with E-state index in [1.807, 2.05) is 12.1 Å². The Morgan fingerprint density at radius 1 is 1.19 bits per heavy atom. The second kappa shape index (κ2) is 8.71. The minimum Gasteiger partial charge on any atom is -0.444 e. The maximum absolute atomic E-state index is 12.1. The highest BCUT2D eigenvalue weighted by atomic mass is 35.5. The van der Waals surface area contributed by atoms with Crippen molar-refractivity contribution in [1.82, 2.24) is 15.1 Å². The van der Waals surface area contributed by atoms with Gasteiger partial charge < -0.3 is 15.4 Å². The van der Waals surface area contributed by atoms with E-state index in [0.717, 1.165) is 5.56 Å². The summed E-state index contributed by atoms with van der Waals surface area (Å²) in [7, 11) is 0. The molecule has 0 aliphatic heterocycles. The Hall–Kier alpha value is -2.54. The van der Waals surface area contributed by atoms with Crippen LogP contribution in [0.2, 0.25) is 5.02 Å². The molecule has 0 fully saturated rings. The highest BCUT2D eigenvalue weighted by Crippen LogP contribution is 2.13. The summed E-state index contributed by atoms with van der Waals surface area (Å²) in [6, 6.07) is 9.14. The molecule has 2 amide bonds. The third-order valence-corrected chi connectivity index (χ3v) is 3.50. The highest BCUT2D eigenvalue weighted by molar-refractivity contribution is 6.30. The third kappa shape index (κ3) is 6.76. The second-order valence-electron chi connectivity index (χ2n) is 6.73. The predicted molar refractivity (Wildman–Crippen MR) is 100 cm³/mol. The van der Waals surface area contributed by atoms with Gasteiger partial charge in [0.05, 0.1) is 12.7 Å². The zero-order valence-electron chi connectivity index (χ0n) is 15.1. The zero-order chi connectivity index (χ0) is 19.2. The Bertz CT molecular complexity index is 751. The van der Waals surface area contributed by atoms with Gasteiger partial charge in [-0.2, -0.15) is 5.10 Å².